The van der Waals surface area contributed by atoms with Crippen LogP contribution in [0.1, 0.15) is 31.9 Å². The first-order valence-corrected chi connectivity index (χ1v) is 6.74. The molecule has 7 nitrogen and oxygen atoms in total. The SMILES string of the molecule is CCCN1C(=O)COC(C(=O)O)C1c1cnn(CC)c1. The minimum absolute atomic E-state index is 0.182. The van der Waals surface area contributed by atoms with Gasteiger partial charge in [-0.1, -0.05) is 6.92 Å². The molecule has 0 aliphatic carbocycles. The maximum atomic E-state index is 12.0. The van der Waals surface area contributed by atoms with Crippen molar-refractivity contribution in [3.05, 3.63) is 18.0 Å². The number of aryl methyl sites for hydroxylation is 1. The maximum absolute atomic E-state index is 12.0. The van der Waals surface area contributed by atoms with Crippen LogP contribution in [-0.4, -0.2) is 50.9 Å². The van der Waals surface area contributed by atoms with Crippen molar-refractivity contribution in [1.82, 2.24) is 14.7 Å². The molecule has 1 aliphatic heterocycles. The summed E-state index contributed by atoms with van der Waals surface area (Å²) in [5, 5.41) is 13.5. The number of carbonyl (C=O) groups excluding carboxylic acids is 1. The lowest BCUT2D eigenvalue weighted by Gasteiger charge is -2.38. The topological polar surface area (TPSA) is 84.7 Å². The average molecular weight is 281 g/mol. The number of carboxylic acid groups (broad SMARTS) is 1. The van der Waals surface area contributed by atoms with Gasteiger partial charge >= 0.3 is 5.97 Å². The predicted octanol–water partition coefficient (Wildman–Crippen LogP) is 0.666. The zero-order chi connectivity index (χ0) is 14.7. The fraction of sp³-hybridized carbons (Fsp3) is 0.615. The summed E-state index contributed by atoms with van der Waals surface area (Å²) in [5.41, 5.74) is 0.695. The third-order valence-corrected chi connectivity index (χ3v) is 3.36. The van der Waals surface area contributed by atoms with Crippen molar-refractivity contribution in [2.45, 2.75) is 39.0 Å². The van der Waals surface area contributed by atoms with Crippen LogP contribution >= 0.6 is 0 Å². The molecule has 0 saturated carbocycles. The van der Waals surface area contributed by atoms with E-state index in [9.17, 15) is 14.7 Å². The Morgan fingerprint density at radius 2 is 2.30 bits per heavy atom. The van der Waals surface area contributed by atoms with Crippen LogP contribution < -0.4 is 0 Å². The Labute approximate surface area is 117 Å². The summed E-state index contributed by atoms with van der Waals surface area (Å²) in [6.07, 6.45) is 3.09. The van der Waals surface area contributed by atoms with Crippen molar-refractivity contribution < 1.29 is 19.4 Å². The Kier molecular flexibility index (Phi) is 4.39. The summed E-state index contributed by atoms with van der Waals surface area (Å²) in [6.45, 7) is 4.90. The van der Waals surface area contributed by atoms with E-state index < -0.39 is 18.1 Å². The van der Waals surface area contributed by atoms with Gasteiger partial charge in [-0.15, -0.1) is 0 Å². The van der Waals surface area contributed by atoms with Gasteiger partial charge in [0.1, 0.15) is 6.61 Å². The number of aromatic nitrogens is 2. The highest BCUT2D eigenvalue weighted by Crippen LogP contribution is 2.30. The van der Waals surface area contributed by atoms with Gasteiger partial charge in [-0.3, -0.25) is 9.48 Å². The van der Waals surface area contributed by atoms with Crippen LogP contribution in [-0.2, 0) is 20.9 Å². The van der Waals surface area contributed by atoms with Crippen LogP contribution in [0.3, 0.4) is 0 Å². The Balaban J connectivity index is 2.37. The van der Waals surface area contributed by atoms with Gasteiger partial charge in [-0.25, -0.2) is 4.79 Å². The molecule has 0 spiro atoms. The fourth-order valence-electron chi connectivity index (χ4n) is 2.42. The summed E-state index contributed by atoms with van der Waals surface area (Å²) < 4.78 is 6.92. The molecule has 1 saturated heterocycles. The quantitative estimate of drug-likeness (QED) is 0.857. The van der Waals surface area contributed by atoms with Crippen molar-refractivity contribution in [3.8, 4) is 0 Å². The van der Waals surface area contributed by atoms with E-state index in [0.29, 0.717) is 18.7 Å². The molecule has 1 aromatic rings. The number of amides is 1. The molecule has 1 fully saturated rings. The highest BCUT2D eigenvalue weighted by Gasteiger charge is 2.42. The summed E-state index contributed by atoms with van der Waals surface area (Å²) in [6, 6.07) is -0.617. The smallest absolute Gasteiger partial charge is 0.335 e. The maximum Gasteiger partial charge on any atom is 0.335 e. The minimum atomic E-state index is -1.06. The summed E-state index contributed by atoms with van der Waals surface area (Å²) in [7, 11) is 0. The van der Waals surface area contributed by atoms with Gasteiger partial charge in [0.25, 0.3) is 0 Å². The zero-order valence-electron chi connectivity index (χ0n) is 11.7. The lowest BCUT2D eigenvalue weighted by Crippen LogP contribution is -2.51. The van der Waals surface area contributed by atoms with Crippen LogP contribution in [0.4, 0.5) is 0 Å². The molecule has 110 valence electrons. The van der Waals surface area contributed by atoms with Crippen LogP contribution in [0.15, 0.2) is 12.4 Å². The van der Waals surface area contributed by atoms with E-state index in [2.05, 4.69) is 5.10 Å². The molecule has 2 rings (SSSR count). The number of ether oxygens (including phenoxy) is 1. The van der Waals surface area contributed by atoms with Gasteiger partial charge in [0.05, 0.1) is 12.2 Å². The molecule has 0 aromatic carbocycles. The molecular formula is C13H19N3O4. The Morgan fingerprint density at radius 1 is 1.55 bits per heavy atom. The third-order valence-electron chi connectivity index (χ3n) is 3.36. The monoisotopic (exact) mass is 281 g/mol. The molecule has 2 heterocycles. The van der Waals surface area contributed by atoms with E-state index in [-0.39, 0.29) is 12.5 Å². The van der Waals surface area contributed by atoms with Crippen LogP contribution in [0.5, 0.6) is 0 Å². The largest absolute Gasteiger partial charge is 0.479 e. The molecular weight excluding hydrogens is 262 g/mol. The number of aliphatic carboxylic acids is 1. The zero-order valence-corrected chi connectivity index (χ0v) is 11.7. The number of hydrogen-bond donors (Lipinski definition) is 1. The van der Waals surface area contributed by atoms with Crippen LogP contribution in [0.2, 0.25) is 0 Å². The predicted molar refractivity (Wildman–Crippen MR) is 70.0 cm³/mol. The van der Waals surface area contributed by atoms with Gasteiger partial charge in [0, 0.05) is 24.8 Å². The number of rotatable bonds is 5. The summed E-state index contributed by atoms with van der Waals surface area (Å²) in [4.78, 5) is 25.0. The van der Waals surface area contributed by atoms with Crippen molar-refractivity contribution in [2.24, 2.45) is 0 Å². The first-order valence-electron chi connectivity index (χ1n) is 6.74. The lowest BCUT2D eigenvalue weighted by molar-refractivity contribution is -0.173. The second-order valence-electron chi connectivity index (χ2n) is 4.73. The second-order valence-corrected chi connectivity index (χ2v) is 4.73. The first kappa shape index (κ1) is 14.5. The fourth-order valence-corrected chi connectivity index (χ4v) is 2.42. The molecule has 2 unspecified atom stereocenters. The van der Waals surface area contributed by atoms with Gasteiger partial charge in [0.15, 0.2) is 6.10 Å². The van der Waals surface area contributed by atoms with E-state index in [1.54, 1.807) is 22.0 Å². The lowest BCUT2D eigenvalue weighted by atomic mass is 10.0. The molecule has 1 aromatic heterocycles. The first-order chi connectivity index (χ1) is 9.58. The molecule has 20 heavy (non-hydrogen) atoms. The molecule has 0 bridgehead atoms. The van der Waals surface area contributed by atoms with E-state index >= 15 is 0 Å². The van der Waals surface area contributed by atoms with Gasteiger partial charge < -0.3 is 14.7 Å². The van der Waals surface area contributed by atoms with E-state index in [1.165, 1.54) is 0 Å². The van der Waals surface area contributed by atoms with Crippen LogP contribution in [0.25, 0.3) is 0 Å². The summed E-state index contributed by atoms with van der Waals surface area (Å²) in [5.74, 6) is -1.24. The van der Waals surface area contributed by atoms with Crippen molar-refractivity contribution in [3.63, 3.8) is 0 Å². The number of nitrogens with zero attached hydrogens (tertiary/aromatic N) is 3. The molecule has 1 aliphatic rings. The van der Waals surface area contributed by atoms with E-state index in [1.807, 2.05) is 13.8 Å². The van der Waals surface area contributed by atoms with Gasteiger partial charge in [-0.05, 0) is 13.3 Å². The van der Waals surface area contributed by atoms with E-state index in [4.69, 9.17) is 4.74 Å². The van der Waals surface area contributed by atoms with E-state index in [0.717, 1.165) is 6.42 Å². The Hall–Kier alpha value is -1.89. The average Bonchev–Trinajstić information content (AvgIpc) is 2.89. The Morgan fingerprint density at radius 3 is 2.85 bits per heavy atom. The molecule has 7 heteroatoms. The normalized spacial score (nSPS) is 23.1. The number of hydrogen-bond acceptors (Lipinski definition) is 4. The highest BCUT2D eigenvalue weighted by molar-refractivity contribution is 5.82. The van der Waals surface area contributed by atoms with Crippen molar-refractivity contribution in [1.29, 1.82) is 0 Å². The molecule has 1 amide bonds. The standard InChI is InChI=1S/C13H19N3O4/c1-3-5-16-10(17)8-20-12(13(18)19)11(16)9-6-14-15(4-2)7-9/h6-7,11-12H,3-5,8H2,1-2H3,(H,18,19). The minimum Gasteiger partial charge on any atom is -0.479 e. The third kappa shape index (κ3) is 2.67. The van der Waals surface area contributed by atoms with Crippen molar-refractivity contribution >= 4 is 11.9 Å². The Bertz CT molecular complexity index is 500. The molecule has 2 atom stereocenters. The molecule has 0 radical (unpaired) electrons. The van der Waals surface area contributed by atoms with Gasteiger partial charge in [0.2, 0.25) is 5.91 Å². The number of morpholine rings is 1. The summed E-state index contributed by atoms with van der Waals surface area (Å²) >= 11 is 0. The second kappa shape index (κ2) is 6.04. The van der Waals surface area contributed by atoms with Gasteiger partial charge in [-0.2, -0.15) is 5.10 Å². The number of carboxylic acids is 1. The molecule has 1 N–H and O–H groups in total. The van der Waals surface area contributed by atoms with Crippen LogP contribution in [0, 0.1) is 0 Å². The highest BCUT2D eigenvalue weighted by atomic mass is 16.5. The van der Waals surface area contributed by atoms with Crippen molar-refractivity contribution in [2.75, 3.05) is 13.2 Å². The number of carbonyl (C=O) groups is 2.